The maximum Gasteiger partial charge on any atom is 0.471 e. The van der Waals surface area contributed by atoms with Gasteiger partial charge in [0.15, 0.2) is 0 Å². The second-order valence-electron chi connectivity index (χ2n) is 6.43. The molecule has 2 aromatic heterocycles. The summed E-state index contributed by atoms with van der Waals surface area (Å²) in [6, 6.07) is 3.17. The van der Waals surface area contributed by atoms with Gasteiger partial charge in [0, 0.05) is 17.3 Å². The van der Waals surface area contributed by atoms with Crippen molar-refractivity contribution in [1.29, 1.82) is 0 Å². The van der Waals surface area contributed by atoms with Crippen LogP contribution in [0.15, 0.2) is 16.7 Å². The van der Waals surface area contributed by atoms with Crippen LogP contribution in [0.2, 0.25) is 0 Å². The van der Waals surface area contributed by atoms with Crippen LogP contribution in [0.3, 0.4) is 0 Å². The molecule has 2 aromatic rings. The molecule has 0 fully saturated rings. The first kappa shape index (κ1) is 19.1. The first-order chi connectivity index (χ1) is 11.4. The molecule has 136 valence electrons. The molecule has 25 heavy (non-hydrogen) atoms. The molecular formula is C15H16F3N3O3S. The van der Waals surface area contributed by atoms with Gasteiger partial charge >= 0.3 is 12.1 Å². The molecule has 0 aromatic carbocycles. The van der Waals surface area contributed by atoms with Gasteiger partial charge in [-0.1, -0.05) is 25.9 Å². The third-order valence-corrected chi connectivity index (χ3v) is 4.23. The van der Waals surface area contributed by atoms with Gasteiger partial charge in [-0.05, 0) is 12.1 Å². The van der Waals surface area contributed by atoms with Crippen molar-refractivity contribution in [2.24, 2.45) is 5.41 Å². The van der Waals surface area contributed by atoms with E-state index in [0.29, 0.717) is 9.75 Å². The van der Waals surface area contributed by atoms with E-state index in [-0.39, 0.29) is 12.4 Å². The Hall–Kier alpha value is -2.23. The van der Waals surface area contributed by atoms with Crippen molar-refractivity contribution >= 4 is 23.0 Å². The minimum atomic E-state index is -4.70. The summed E-state index contributed by atoms with van der Waals surface area (Å²) in [7, 11) is 1.49. The van der Waals surface area contributed by atoms with Crippen molar-refractivity contribution in [1.82, 2.24) is 15.0 Å². The fourth-order valence-electron chi connectivity index (χ4n) is 1.82. The summed E-state index contributed by atoms with van der Waals surface area (Å²) < 4.78 is 41.7. The van der Waals surface area contributed by atoms with E-state index in [4.69, 9.17) is 0 Å². The largest absolute Gasteiger partial charge is 0.471 e. The average Bonchev–Trinajstić information content (AvgIpc) is 3.12. The third-order valence-electron chi connectivity index (χ3n) is 3.17. The summed E-state index contributed by atoms with van der Waals surface area (Å²) in [5, 5.41) is 3.31. The van der Waals surface area contributed by atoms with Crippen LogP contribution < -0.4 is 0 Å². The number of Topliss-reactive ketones (excluding diaryl/α,β-unsaturated/α-hetero) is 1. The Morgan fingerprint density at radius 3 is 2.40 bits per heavy atom. The summed E-state index contributed by atoms with van der Waals surface area (Å²) in [5.41, 5.74) is -0.787. The summed E-state index contributed by atoms with van der Waals surface area (Å²) in [6.45, 7) is 5.10. The first-order valence-corrected chi connectivity index (χ1v) is 8.01. The highest BCUT2D eigenvalue weighted by molar-refractivity contribution is 7.15. The molecule has 0 saturated heterocycles. The molecule has 0 bridgehead atoms. The SMILES string of the molecule is CN(Cc1ccc(-c2noc(C(F)(F)F)n2)s1)C(=O)C(=O)C(C)(C)C. The van der Waals surface area contributed by atoms with Crippen LogP contribution in [-0.4, -0.2) is 33.8 Å². The fourth-order valence-corrected chi connectivity index (χ4v) is 2.81. The number of ketones is 1. The molecule has 10 heteroatoms. The lowest BCUT2D eigenvalue weighted by Gasteiger charge is -2.21. The quantitative estimate of drug-likeness (QED) is 0.766. The summed E-state index contributed by atoms with van der Waals surface area (Å²) in [5.74, 6) is -2.73. The van der Waals surface area contributed by atoms with Crippen LogP contribution in [-0.2, 0) is 22.3 Å². The maximum absolute atomic E-state index is 12.5. The highest BCUT2D eigenvalue weighted by Gasteiger charge is 2.38. The molecule has 0 aliphatic carbocycles. The Labute approximate surface area is 145 Å². The van der Waals surface area contributed by atoms with E-state index >= 15 is 0 Å². The van der Waals surface area contributed by atoms with Crippen LogP contribution in [0.25, 0.3) is 10.7 Å². The topological polar surface area (TPSA) is 76.3 Å². The first-order valence-electron chi connectivity index (χ1n) is 7.19. The second-order valence-corrected chi connectivity index (χ2v) is 7.60. The van der Waals surface area contributed by atoms with Gasteiger partial charge in [-0.2, -0.15) is 18.2 Å². The number of carbonyl (C=O) groups excluding carboxylic acids is 2. The number of likely N-dealkylation sites (N-methyl/N-ethyl adjacent to an activating group) is 1. The van der Waals surface area contributed by atoms with Crippen molar-refractivity contribution in [2.75, 3.05) is 7.05 Å². The molecule has 0 unspecified atom stereocenters. The number of hydrogen-bond donors (Lipinski definition) is 0. The summed E-state index contributed by atoms with van der Waals surface area (Å²) in [6.07, 6.45) is -4.70. The van der Waals surface area contributed by atoms with Gasteiger partial charge in [-0.3, -0.25) is 9.59 Å². The molecule has 2 heterocycles. The zero-order valence-corrected chi connectivity index (χ0v) is 14.8. The number of carbonyl (C=O) groups is 2. The zero-order valence-electron chi connectivity index (χ0n) is 14.0. The minimum Gasteiger partial charge on any atom is -0.334 e. The van der Waals surface area contributed by atoms with Gasteiger partial charge in [0.25, 0.3) is 5.91 Å². The molecule has 0 aliphatic heterocycles. The third kappa shape index (κ3) is 4.44. The van der Waals surface area contributed by atoms with E-state index in [0.717, 1.165) is 11.3 Å². The number of nitrogens with zero attached hydrogens (tertiary/aromatic N) is 3. The van der Waals surface area contributed by atoms with Gasteiger partial charge in [-0.25, -0.2) is 0 Å². The monoisotopic (exact) mass is 375 g/mol. The van der Waals surface area contributed by atoms with Crippen LogP contribution in [0.1, 0.15) is 31.5 Å². The number of hydrogen-bond acceptors (Lipinski definition) is 6. The Balaban J connectivity index is 2.10. The van der Waals surface area contributed by atoms with E-state index in [1.54, 1.807) is 26.8 Å². The number of rotatable bonds is 4. The smallest absolute Gasteiger partial charge is 0.334 e. The highest BCUT2D eigenvalue weighted by atomic mass is 32.1. The number of alkyl halides is 3. The van der Waals surface area contributed by atoms with Gasteiger partial charge in [0.1, 0.15) is 0 Å². The average molecular weight is 375 g/mol. The standard InChI is InChI=1S/C15H16F3N3O3S/c1-14(2,3)10(22)12(23)21(4)7-8-5-6-9(25-8)11-19-13(24-20-11)15(16,17)18/h5-6H,7H2,1-4H3. The minimum absolute atomic E-state index is 0.148. The van der Waals surface area contributed by atoms with E-state index in [1.807, 2.05) is 0 Å². The number of aromatic nitrogens is 2. The Morgan fingerprint density at radius 2 is 1.88 bits per heavy atom. The van der Waals surface area contributed by atoms with Crippen LogP contribution in [0, 0.1) is 5.41 Å². The van der Waals surface area contributed by atoms with Gasteiger partial charge in [0.05, 0.1) is 11.4 Å². The molecule has 0 atom stereocenters. The van der Waals surface area contributed by atoms with Crippen LogP contribution >= 0.6 is 11.3 Å². The van der Waals surface area contributed by atoms with E-state index in [1.165, 1.54) is 18.0 Å². The van der Waals surface area contributed by atoms with Crippen LogP contribution in [0.5, 0.6) is 0 Å². The molecule has 6 nitrogen and oxygen atoms in total. The van der Waals surface area contributed by atoms with Crippen molar-refractivity contribution in [2.45, 2.75) is 33.5 Å². The maximum atomic E-state index is 12.5. The second kappa shape index (κ2) is 6.58. The molecule has 0 N–H and O–H groups in total. The molecule has 2 rings (SSSR count). The normalized spacial score (nSPS) is 12.3. The van der Waals surface area contributed by atoms with Gasteiger partial charge in [-0.15, -0.1) is 11.3 Å². The summed E-state index contributed by atoms with van der Waals surface area (Å²) in [4.78, 5) is 29.7. The van der Waals surface area contributed by atoms with Crippen molar-refractivity contribution < 1.29 is 27.3 Å². The molecule has 0 aliphatic rings. The van der Waals surface area contributed by atoms with Crippen LogP contribution in [0.4, 0.5) is 13.2 Å². The van der Waals surface area contributed by atoms with Gasteiger partial charge in [0.2, 0.25) is 11.6 Å². The van der Waals surface area contributed by atoms with Crippen molar-refractivity contribution in [3.8, 4) is 10.7 Å². The summed E-state index contributed by atoms with van der Waals surface area (Å²) >= 11 is 1.12. The van der Waals surface area contributed by atoms with Crippen molar-refractivity contribution in [3.63, 3.8) is 0 Å². The van der Waals surface area contributed by atoms with E-state index in [2.05, 4.69) is 14.7 Å². The molecule has 0 saturated carbocycles. The number of thiophene rings is 1. The molecule has 0 spiro atoms. The van der Waals surface area contributed by atoms with E-state index < -0.39 is 29.2 Å². The molecule has 1 amide bonds. The lowest BCUT2D eigenvalue weighted by molar-refractivity contribution is -0.159. The lowest BCUT2D eigenvalue weighted by Crippen LogP contribution is -2.39. The Kier molecular flexibility index (Phi) is 5.03. The Morgan fingerprint density at radius 1 is 1.24 bits per heavy atom. The van der Waals surface area contributed by atoms with Crippen molar-refractivity contribution in [3.05, 3.63) is 22.9 Å². The van der Waals surface area contributed by atoms with E-state index in [9.17, 15) is 22.8 Å². The number of amides is 1. The zero-order chi connectivity index (χ0) is 19.0. The molecule has 0 radical (unpaired) electrons. The van der Waals surface area contributed by atoms with Gasteiger partial charge < -0.3 is 9.42 Å². The number of halogens is 3. The highest BCUT2D eigenvalue weighted by Crippen LogP contribution is 2.32. The predicted molar refractivity (Wildman–Crippen MR) is 83.5 cm³/mol. The Bertz CT molecular complexity index is 790. The lowest BCUT2D eigenvalue weighted by atomic mass is 9.90. The molecular weight excluding hydrogens is 359 g/mol. The predicted octanol–water partition coefficient (Wildman–Crippen LogP) is 3.39. The fraction of sp³-hybridized carbons (Fsp3) is 0.467.